The summed E-state index contributed by atoms with van der Waals surface area (Å²) < 4.78 is 11.7. The fourth-order valence-electron chi connectivity index (χ4n) is 4.33. The highest BCUT2D eigenvalue weighted by Crippen LogP contribution is 2.38. The fourth-order valence-corrected chi connectivity index (χ4v) is 4.33. The Bertz CT molecular complexity index is 844. The lowest BCUT2D eigenvalue weighted by Crippen LogP contribution is -2.30. The molecule has 2 aliphatic rings. The number of fused-ring (bicyclic) bond motifs is 1. The number of rotatable bonds is 7. The summed E-state index contributed by atoms with van der Waals surface area (Å²) in [5.41, 5.74) is 2.75. The van der Waals surface area contributed by atoms with Gasteiger partial charge in [-0.2, -0.15) is 0 Å². The molecule has 0 spiro atoms. The van der Waals surface area contributed by atoms with Crippen LogP contribution in [0.25, 0.3) is 0 Å². The number of aliphatic hydroxyl groups excluding tert-OH is 1. The molecule has 1 saturated carbocycles. The maximum absolute atomic E-state index is 13.0. The van der Waals surface area contributed by atoms with Crippen LogP contribution in [0.2, 0.25) is 0 Å². The zero-order chi connectivity index (χ0) is 19.5. The van der Waals surface area contributed by atoms with Gasteiger partial charge < -0.3 is 19.5 Å². The van der Waals surface area contributed by atoms with Crippen molar-refractivity contribution < 1.29 is 19.4 Å². The number of hydrogen-bond donors (Lipinski definition) is 1. The SMILES string of the molecule is COc1ccc(C(CCO)N2Cc3ccccc3C2=O)cc1OC1CCCC1. The number of carbonyl (C=O) groups is 1. The first-order valence-corrected chi connectivity index (χ1v) is 10.1. The second-order valence-corrected chi connectivity index (χ2v) is 7.55. The molecular weight excluding hydrogens is 354 g/mol. The Kier molecular flexibility index (Phi) is 5.53. The number of nitrogens with zero attached hydrogens (tertiary/aromatic N) is 1. The molecule has 1 heterocycles. The molecule has 1 N–H and O–H groups in total. The van der Waals surface area contributed by atoms with Gasteiger partial charge in [0.05, 0.1) is 19.3 Å². The second-order valence-electron chi connectivity index (χ2n) is 7.55. The average Bonchev–Trinajstić information content (AvgIpc) is 3.34. The Balaban J connectivity index is 1.63. The van der Waals surface area contributed by atoms with E-state index in [0.29, 0.717) is 18.7 Å². The van der Waals surface area contributed by atoms with Crippen LogP contribution in [0.15, 0.2) is 42.5 Å². The van der Waals surface area contributed by atoms with Crippen molar-refractivity contribution in [2.75, 3.05) is 13.7 Å². The summed E-state index contributed by atoms with van der Waals surface area (Å²) in [6.45, 7) is 0.570. The van der Waals surface area contributed by atoms with Crippen LogP contribution in [0.1, 0.15) is 59.6 Å². The number of amides is 1. The number of benzene rings is 2. The Morgan fingerprint density at radius 2 is 1.93 bits per heavy atom. The molecule has 0 saturated heterocycles. The van der Waals surface area contributed by atoms with E-state index >= 15 is 0 Å². The zero-order valence-electron chi connectivity index (χ0n) is 16.3. The summed E-state index contributed by atoms with van der Waals surface area (Å²) in [5, 5.41) is 9.67. The zero-order valence-corrected chi connectivity index (χ0v) is 16.3. The molecule has 28 heavy (non-hydrogen) atoms. The largest absolute Gasteiger partial charge is 0.493 e. The van der Waals surface area contributed by atoms with Crippen LogP contribution in [0.5, 0.6) is 11.5 Å². The predicted octanol–water partition coefficient (Wildman–Crippen LogP) is 4.10. The smallest absolute Gasteiger partial charge is 0.255 e. The molecule has 2 aromatic carbocycles. The van der Waals surface area contributed by atoms with Crippen molar-refractivity contribution in [1.82, 2.24) is 4.90 Å². The van der Waals surface area contributed by atoms with Crippen LogP contribution in [0, 0.1) is 0 Å². The van der Waals surface area contributed by atoms with Crippen molar-refractivity contribution in [1.29, 1.82) is 0 Å². The highest BCUT2D eigenvalue weighted by atomic mass is 16.5. The molecule has 5 heteroatoms. The quantitative estimate of drug-likeness (QED) is 0.785. The van der Waals surface area contributed by atoms with Gasteiger partial charge in [-0.25, -0.2) is 0 Å². The number of ether oxygens (including phenoxy) is 2. The summed E-state index contributed by atoms with van der Waals surface area (Å²) in [6, 6.07) is 13.4. The van der Waals surface area contributed by atoms with E-state index in [1.54, 1.807) is 7.11 Å². The number of hydrogen-bond acceptors (Lipinski definition) is 4. The molecule has 5 nitrogen and oxygen atoms in total. The van der Waals surface area contributed by atoms with Gasteiger partial charge in [0.1, 0.15) is 0 Å². The van der Waals surface area contributed by atoms with Crippen molar-refractivity contribution in [3.05, 3.63) is 59.2 Å². The molecule has 1 atom stereocenters. The van der Waals surface area contributed by atoms with Crippen LogP contribution < -0.4 is 9.47 Å². The lowest BCUT2D eigenvalue weighted by molar-refractivity contribution is 0.0670. The Morgan fingerprint density at radius 3 is 2.64 bits per heavy atom. The van der Waals surface area contributed by atoms with Gasteiger partial charge in [-0.1, -0.05) is 24.3 Å². The third-order valence-electron chi connectivity index (χ3n) is 5.80. The standard InChI is InChI=1S/C23H27NO4/c1-27-21-11-10-16(14-22(21)28-18-7-3-4-8-18)20(12-13-25)24-15-17-6-2-5-9-19(17)23(24)26/h2,5-6,9-11,14,18,20,25H,3-4,7-8,12-13,15H2,1H3. The summed E-state index contributed by atoms with van der Waals surface area (Å²) in [7, 11) is 1.64. The average molecular weight is 381 g/mol. The molecule has 148 valence electrons. The molecule has 1 aliphatic heterocycles. The highest BCUT2D eigenvalue weighted by Gasteiger charge is 2.33. The molecule has 1 fully saturated rings. The van der Waals surface area contributed by atoms with Crippen LogP contribution in [0.3, 0.4) is 0 Å². The minimum atomic E-state index is -0.207. The topological polar surface area (TPSA) is 59.0 Å². The monoisotopic (exact) mass is 381 g/mol. The Labute approximate surface area is 165 Å². The van der Waals surface area contributed by atoms with Crippen molar-refractivity contribution in [3.8, 4) is 11.5 Å². The number of carbonyl (C=O) groups excluding carboxylic acids is 1. The molecule has 0 radical (unpaired) electrons. The van der Waals surface area contributed by atoms with Crippen molar-refractivity contribution in [3.63, 3.8) is 0 Å². The van der Waals surface area contributed by atoms with E-state index in [-0.39, 0.29) is 24.7 Å². The van der Waals surface area contributed by atoms with Gasteiger partial charge in [0, 0.05) is 18.7 Å². The van der Waals surface area contributed by atoms with E-state index in [1.165, 1.54) is 12.8 Å². The van der Waals surface area contributed by atoms with Gasteiger partial charge in [-0.05, 0) is 61.4 Å². The number of aliphatic hydroxyl groups is 1. The third-order valence-corrected chi connectivity index (χ3v) is 5.80. The fraction of sp³-hybridized carbons (Fsp3) is 0.435. The lowest BCUT2D eigenvalue weighted by atomic mass is 10.0. The van der Waals surface area contributed by atoms with E-state index < -0.39 is 0 Å². The summed E-state index contributed by atoms with van der Waals surface area (Å²) in [4.78, 5) is 14.8. The Morgan fingerprint density at radius 1 is 1.14 bits per heavy atom. The van der Waals surface area contributed by atoms with E-state index in [2.05, 4.69) is 0 Å². The van der Waals surface area contributed by atoms with E-state index in [4.69, 9.17) is 9.47 Å². The van der Waals surface area contributed by atoms with Gasteiger partial charge in [-0.3, -0.25) is 4.79 Å². The summed E-state index contributed by atoms with van der Waals surface area (Å²) in [6.07, 6.45) is 5.22. The lowest BCUT2D eigenvalue weighted by Gasteiger charge is -2.28. The highest BCUT2D eigenvalue weighted by molar-refractivity contribution is 5.98. The van der Waals surface area contributed by atoms with Crippen LogP contribution in [-0.4, -0.2) is 35.7 Å². The van der Waals surface area contributed by atoms with Gasteiger partial charge in [0.2, 0.25) is 0 Å². The first-order chi connectivity index (χ1) is 13.7. The number of methoxy groups -OCH3 is 1. The first kappa shape index (κ1) is 18.8. The van der Waals surface area contributed by atoms with Gasteiger partial charge >= 0.3 is 0 Å². The predicted molar refractivity (Wildman–Crippen MR) is 107 cm³/mol. The maximum atomic E-state index is 13.0. The van der Waals surface area contributed by atoms with Crippen molar-refractivity contribution in [2.24, 2.45) is 0 Å². The minimum absolute atomic E-state index is 0.00956. The second kappa shape index (κ2) is 8.23. The van der Waals surface area contributed by atoms with Gasteiger partial charge in [0.15, 0.2) is 11.5 Å². The van der Waals surface area contributed by atoms with Crippen molar-refractivity contribution >= 4 is 5.91 Å². The molecule has 0 bridgehead atoms. The molecular formula is C23H27NO4. The van der Waals surface area contributed by atoms with Crippen LogP contribution >= 0.6 is 0 Å². The molecule has 2 aromatic rings. The van der Waals surface area contributed by atoms with Gasteiger partial charge in [0.25, 0.3) is 5.91 Å². The summed E-state index contributed by atoms with van der Waals surface area (Å²) >= 11 is 0. The first-order valence-electron chi connectivity index (χ1n) is 10.1. The van der Waals surface area contributed by atoms with E-state index in [9.17, 15) is 9.90 Å². The van der Waals surface area contributed by atoms with Gasteiger partial charge in [-0.15, -0.1) is 0 Å². The van der Waals surface area contributed by atoms with Crippen LogP contribution in [-0.2, 0) is 6.54 Å². The van der Waals surface area contributed by atoms with Crippen LogP contribution in [0.4, 0.5) is 0 Å². The maximum Gasteiger partial charge on any atom is 0.255 e. The Hall–Kier alpha value is -2.53. The van der Waals surface area contributed by atoms with E-state index in [0.717, 1.165) is 35.3 Å². The van der Waals surface area contributed by atoms with E-state index in [1.807, 2.05) is 47.4 Å². The molecule has 1 amide bonds. The van der Waals surface area contributed by atoms with Crippen molar-refractivity contribution in [2.45, 2.75) is 50.8 Å². The normalized spacial score (nSPS) is 17.6. The molecule has 1 unspecified atom stereocenters. The molecule has 4 rings (SSSR count). The molecule has 1 aliphatic carbocycles. The molecule has 0 aromatic heterocycles. The third kappa shape index (κ3) is 3.59. The minimum Gasteiger partial charge on any atom is -0.493 e. The summed E-state index contributed by atoms with van der Waals surface area (Å²) in [5.74, 6) is 1.44.